The third kappa shape index (κ3) is 3.83. The van der Waals surface area contributed by atoms with E-state index in [1.54, 1.807) is 48.6 Å². The van der Waals surface area contributed by atoms with Crippen LogP contribution in [0.15, 0.2) is 11.3 Å². The summed E-state index contributed by atoms with van der Waals surface area (Å²) in [5.41, 5.74) is -3.67. The van der Waals surface area contributed by atoms with Gasteiger partial charge in [-0.3, -0.25) is 9.69 Å². The van der Waals surface area contributed by atoms with Gasteiger partial charge in [-0.25, -0.2) is 14.3 Å². The van der Waals surface area contributed by atoms with Crippen molar-refractivity contribution in [2.45, 2.75) is 58.6 Å². The maximum atomic E-state index is 13.8. The molecule has 1 amide bonds. The Labute approximate surface area is 207 Å². The molecule has 0 aromatic carbocycles. The number of aliphatic carboxylic acids is 1. The average Bonchev–Trinajstić information content (AvgIpc) is 3.14. The molecule has 1 N–H and O–H groups in total. The van der Waals surface area contributed by atoms with Crippen LogP contribution < -0.4 is 0 Å². The average molecular weight is 512 g/mol. The molecular formula is C21H29N5O6S2. The van der Waals surface area contributed by atoms with Gasteiger partial charge in [0.25, 0.3) is 5.91 Å². The van der Waals surface area contributed by atoms with Gasteiger partial charge in [0.05, 0.1) is 4.86 Å². The maximum Gasteiger partial charge on any atom is 0.356 e. The van der Waals surface area contributed by atoms with E-state index in [1.165, 1.54) is 28.5 Å². The molecule has 2 atom stereocenters. The minimum absolute atomic E-state index is 0.103. The van der Waals surface area contributed by atoms with E-state index in [4.69, 9.17) is 21.7 Å². The predicted molar refractivity (Wildman–Crippen MR) is 127 cm³/mol. The minimum atomic E-state index is -1.92. The molecule has 11 nitrogen and oxygen atoms in total. The summed E-state index contributed by atoms with van der Waals surface area (Å²) in [5.74, 6) is -2.17. The summed E-state index contributed by atoms with van der Waals surface area (Å²) < 4.78 is 12.5. The molecule has 1 unspecified atom stereocenters. The summed E-state index contributed by atoms with van der Waals surface area (Å²) in [4.78, 5) is 40.8. The second kappa shape index (κ2) is 8.68. The number of ether oxygens (including phenoxy) is 2. The zero-order valence-electron chi connectivity index (χ0n) is 20.4. The van der Waals surface area contributed by atoms with Crippen molar-refractivity contribution in [3.63, 3.8) is 0 Å². The Hall–Kier alpha value is -2.38. The number of β-lactam (4-membered cyclic amide) rings is 1. The van der Waals surface area contributed by atoms with Gasteiger partial charge in [0, 0.05) is 36.3 Å². The lowest BCUT2D eigenvalue weighted by Gasteiger charge is -2.51. The van der Waals surface area contributed by atoms with Crippen LogP contribution in [0.1, 0.15) is 47.4 Å². The number of methoxy groups -OCH3 is 1. The lowest BCUT2D eigenvalue weighted by Crippen LogP contribution is -2.67. The number of amides is 1. The number of carbonyl (C=O) groups is 3. The van der Waals surface area contributed by atoms with Crippen LogP contribution in [0.3, 0.4) is 0 Å². The number of carbonyl (C=O) groups excluding carboxylic acids is 2. The van der Waals surface area contributed by atoms with Crippen molar-refractivity contribution in [3.05, 3.63) is 17.1 Å². The number of carboxylic acids is 1. The Morgan fingerprint density at radius 3 is 2.21 bits per heavy atom. The van der Waals surface area contributed by atoms with Gasteiger partial charge >= 0.3 is 11.9 Å². The second-order valence-electron chi connectivity index (χ2n) is 10.2. The highest BCUT2D eigenvalue weighted by Crippen LogP contribution is 2.49. The normalized spacial score (nSPS) is 21.2. The van der Waals surface area contributed by atoms with E-state index in [0.717, 1.165) is 0 Å². The summed E-state index contributed by atoms with van der Waals surface area (Å²) in [6.45, 7) is 10.2. The highest BCUT2D eigenvalue weighted by molar-refractivity contribution is 8.00. The SMILES string of the molecule is COC1C(=O)N2C(C(=O)OC(C(=O)O)(C(C)(C)C)C(C)(C)C)=C(C(=S)c3nnnn3C)CS[C@@H]12. The summed E-state index contributed by atoms with van der Waals surface area (Å²) in [5, 5.41) is 21.1. The van der Waals surface area contributed by atoms with Crippen molar-refractivity contribution in [1.82, 2.24) is 25.1 Å². The number of hydrogen-bond donors (Lipinski definition) is 1. The van der Waals surface area contributed by atoms with E-state index in [-0.39, 0.29) is 22.1 Å². The molecule has 3 rings (SSSR count). The molecule has 3 heterocycles. The van der Waals surface area contributed by atoms with Crippen molar-refractivity contribution in [1.29, 1.82) is 0 Å². The van der Waals surface area contributed by atoms with Crippen LogP contribution in [-0.2, 0) is 30.9 Å². The summed E-state index contributed by atoms with van der Waals surface area (Å²) in [7, 11) is 3.02. The lowest BCUT2D eigenvalue weighted by molar-refractivity contribution is -0.212. The van der Waals surface area contributed by atoms with E-state index in [2.05, 4.69) is 15.5 Å². The standard InChI is InChI=1S/C21H29N5O6S2/c1-19(2,3)21(18(29)30,20(4,5)6)32-17(28)11-10(13(33)14-22-23-24-25(14)7)9-34-16-12(31-8)15(27)26(11)16/h12,16H,9H2,1-8H3,(H,29,30)/t12?,16-/m0/s1. The van der Waals surface area contributed by atoms with Crippen LogP contribution in [0.2, 0.25) is 0 Å². The number of esters is 1. The molecule has 1 aromatic heterocycles. The molecule has 13 heteroatoms. The molecule has 1 fully saturated rings. The number of thiocarbonyl (C=S) groups is 1. The van der Waals surface area contributed by atoms with Crippen molar-refractivity contribution in [3.8, 4) is 0 Å². The Bertz CT molecular complexity index is 1070. The third-order valence-electron chi connectivity index (χ3n) is 6.12. The van der Waals surface area contributed by atoms with Crippen LogP contribution in [-0.4, -0.2) is 82.9 Å². The van der Waals surface area contributed by atoms with Gasteiger partial charge in [-0.15, -0.1) is 16.9 Å². The van der Waals surface area contributed by atoms with E-state index in [9.17, 15) is 19.5 Å². The molecule has 0 radical (unpaired) electrons. The molecular weight excluding hydrogens is 482 g/mol. The molecule has 0 bridgehead atoms. The van der Waals surface area contributed by atoms with Gasteiger partial charge in [-0.1, -0.05) is 53.8 Å². The smallest absolute Gasteiger partial charge is 0.356 e. The summed E-state index contributed by atoms with van der Waals surface area (Å²) in [6, 6.07) is 0. The Balaban J connectivity index is 2.17. The minimum Gasteiger partial charge on any atom is -0.478 e. The first-order chi connectivity index (χ1) is 15.6. The van der Waals surface area contributed by atoms with E-state index >= 15 is 0 Å². The maximum absolute atomic E-state index is 13.8. The Kier molecular flexibility index (Phi) is 6.70. The van der Waals surface area contributed by atoms with Crippen molar-refractivity contribution in [2.75, 3.05) is 12.9 Å². The van der Waals surface area contributed by atoms with Crippen LogP contribution in [0.5, 0.6) is 0 Å². The number of tetrazole rings is 1. The molecule has 2 aliphatic heterocycles. The van der Waals surface area contributed by atoms with Crippen LogP contribution >= 0.6 is 24.0 Å². The van der Waals surface area contributed by atoms with E-state index < -0.39 is 45.8 Å². The molecule has 0 aliphatic carbocycles. The second-order valence-corrected chi connectivity index (χ2v) is 11.7. The van der Waals surface area contributed by atoms with Crippen molar-refractivity contribution >= 4 is 46.7 Å². The predicted octanol–water partition coefficient (Wildman–Crippen LogP) is 1.57. The first kappa shape index (κ1) is 26.2. The van der Waals surface area contributed by atoms with Crippen LogP contribution in [0.4, 0.5) is 0 Å². The monoisotopic (exact) mass is 511 g/mol. The fourth-order valence-electron chi connectivity index (χ4n) is 4.69. The van der Waals surface area contributed by atoms with Gasteiger partial charge in [0.15, 0.2) is 11.9 Å². The number of hydrogen-bond acceptors (Lipinski definition) is 10. The molecule has 0 saturated carbocycles. The number of fused-ring (bicyclic) bond motifs is 1. The van der Waals surface area contributed by atoms with E-state index in [1.807, 2.05) is 0 Å². The Morgan fingerprint density at radius 2 is 1.76 bits per heavy atom. The first-order valence-corrected chi connectivity index (χ1v) is 12.0. The highest BCUT2D eigenvalue weighted by atomic mass is 32.2. The lowest BCUT2D eigenvalue weighted by atomic mass is 9.62. The fraction of sp³-hybridized carbons (Fsp3) is 0.667. The first-order valence-electron chi connectivity index (χ1n) is 10.5. The molecule has 1 aromatic rings. The van der Waals surface area contributed by atoms with Gasteiger partial charge in [0.2, 0.25) is 5.60 Å². The molecule has 186 valence electrons. The largest absolute Gasteiger partial charge is 0.478 e. The highest BCUT2D eigenvalue weighted by Gasteiger charge is 2.62. The topological polar surface area (TPSA) is 137 Å². The molecule has 0 spiro atoms. The summed E-state index contributed by atoms with van der Waals surface area (Å²) in [6.07, 6.45) is -0.728. The van der Waals surface area contributed by atoms with Gasteiger partial charge < -0.3 is 14.6 Å². The number of rotatable bonds is 6. The Morgan fingerprint density at radius 1 is 1.18 bits per heavy atom. The van der Waals surface area contributed by atoms with Gasteiger partial charge in [-0.2, -0.15) is 0 Å². The number of thioether (sulfide) groups is 1. The zero-order valence-corrected chi connectivity index (χ0v) is 22.0. The number of nitrogens with zero attached hydrogens (tertiary/aromatic N) is 5. The molecule has 2 aliphatic rings. The van der Waals surface area contributed by atoms with Crippen LogP contribution in [0, 0.1) is 10.8 Å². The molecule has 34 heavy (non-hydrogen) atoms. The fourth-order valence-corrected chi connectivity index (χ4v) is 6.50. The third-order valence-corrected chi connectivity index (χ3v) is 7.81. The number of aryl methyl sites for hydroxylation is 1. The summed E-state index contributed by atoms with van der Waals surface area (Å²) >= 11 is 6.98. The van der Waals surface area contributed by atoms with Crippen LogP contribution in [0.25, 0.3) is 0 Å². The molecule has 1 saturated heterocycles. The van der Waals surface area contributed by atoms with Gasteiger partial charge in [-0.05, 0) is 10.4 Å². The quantitative estimate of drug-likeness (QED) is 0.258. The number of carboxylic acid groups (broad SMARTS) is 1. The van der Waals surface area contributed by atoms with Gasteiger partial charge in [0.1, 0.15) is 11.1 Å². The number of aromatic nitrogens is 4. The van der Waals surface area contributed by atoms with E-state index in [0.29, 0.717) is 5.57 Å². The van der Waals surface area contributed by atoms with Crippen molar-refractivity contribution in [2.24, 2.45) is 17.9 Å². The van der Waals surface area contributed by atoms with Crippen molar-refractivity contribution < 1.29 is 29.0 Å². The zero-order chi connectivity index (χ0) is 25.8.